The Labute approximate surface area is 123 Å². The standard InChI is InChI=1S/C13H10BrClN2O2/c1-7-4-8(13(18)19)5-12(16-7)17-11-3-2-9(15)6-10(11)14/h2-6H,1H3,(H,16,17)(H,18,19). The zero-order valence-corrected chi connectivity index (χ0v) is 12.3. The number of pyridine rings is 1. The highest BCUT2D eigenvalue weighted by molar-refractivity contribution is 9.10. The van der Waals surface area contributed by atoms with Gasteiger partial charge in [0.15, 0.2) is 0 Å². The third-order valence-corrected chi connectivity index (χ3v) is 3.29. The van der Waals surface area contributed by atoms with Gasteiger partial charge < -0.3 is 10.4 Å². The molecule has 0 unspecified atom stereocenters. The number of carboxylic acid groups (broad SMARTS) is 1. The van der Waals surface area contributed by atoms with Gasteiger partial charge in [0.25, 0.3) is 0 Å². The number of anilines is 2. The van der Waals surface area contributed by atoms with Crippen LogP contribution in [0.4, 0.5) is 11.5 Å². The van der Waals surface area contributed by atoms with Crippen LogP contribution in [0.5, 0.6) is 0 Å². The molecule has 0 aliphatic heterocycles. The van der Waals surface area contributed by atoms with E-state index in [1.165, 1.54) is 12.1 Å². The Balaban J connectivity index is 2.35. The first kappa shape index (κ1) is 13.8. The minimum absolute atomic E-state index is 0.195. The molecule has 2 N–H and O–H groups in total. The number of benzene rings is 1. The average Bonchev–Trinajstić information content (AvgIpc) is 2.32. The van der Waals surface area contributed by atoms with Crippen molar-refractivity contribution in [3.05, 3.63) is 51.1 Å². The molecule has 19 heavy (non-hydrogen) atoms. The summed E-state index contributed by atoms with van der Waals surface area (Å²) in [4.78, 5) is 15.2. The highest BCUT2D eigenvalue weighted by Crippen LogP contribution is 2.28. The first-order valence-corrected chi connectivity index (χ1v) is 6.57. The van der Waals surface area contributed by atoms with Gasteiger partial charge in [-0.3, -0.25) is 0 Å². The minimum atomic E-state index is -0.983. The molecule has 0 aliphatic rings. The van der Waals surface area contributed by atoms with Gasteiger partial charge >= 0.3 is 5.97 Å². The van der Waals surface area contributed by atoms with Gasteiger partial charge in [-0.15, -0.1) is 0 Å². The molecule has 0 radical (unpaired) electrons. The van der Waals surface area contributed by atoms with Crippen molar-refractivity contribution < 1.29 is 9.90 Å². The van der Waals surface area contributed by atoms with E-state index in [0.717, 1.165) is 10.2 Å². The summed E-state index contributed by atoms with van der Waals surface area (Å²) in [5.41, 5.74) is 1.59. The van der Waals surface area contributed by atoms with Crippen LogP contribution in [0, 0.1) is 6.92 Å². The van der Waals surface area contributed by atoms with E-state index < -0.39 is 5.97 Å². The van der Waals surface area contributed by atoms with Gasteiger partial charge in [-0.05, 0) is 53.2 Å². The second kappa shape index (κ2) is 5.59. The largest absolute Gasteiger partial charge is 0.478 e. The highest BCUT2D eigenvalue weighted by atomic mass is 79.9. The number of carbonyl (C=O) groups is 1. The molecule has 4 nitrogen and oxygen atoms in total. The van der Waals surface area contributed by atoms with E-state index in [9.17, 15) is 4.79 Å². The van der Waals surface area contributed by atoms with Gasteiger partial charge in [-0.1, -0.05) is 11.6 Å². The fraction of sp³-hybridized carbons (Fsp3) is 0.0769. The molecular formula is C13H10BrClN2O2. The van der Waals surface area contributed by atoms with Crippen molar-refractivity contribution >= 4 is 45.0 Å². The third-order valence-electron chi connectivity index (χ3n) is 2.39. The lowest BCUT2D eigenvalue weighted by Crippen LogP contribution is -2.02. The fourth-order valence-corrected chi connectivity index (χ4v) is 2.37. The number of nitrogens with zero attached hydrogens (tertiary/aromatic N) is 1. The Morgan fingerprint density at radius 2 is 2.11 bits per heavy atom. The monoisotopic (exact) mass is 340 g/mol. The average molecular weight is 342 g/mol. The molecule has 0 aliphatic carbocycles. The summed E-state index contributed by atoms with van der Waals surface area (Å²) in [7, 11) is 0. The van der Waals surface area contributed by atoms with E-state index in [2.05, 4.69) is 26.2 Å². The first-order chi connectivity index (χ1) is 8.95. The maximum absolute atomic E-state index is 11.0. The van der Waals surface area contributed by atoms with Crippen molar-refractivity contribution in [3.8, 4) is 0 Å². The summed E-state index contributed by atoms with van der Waals surface area (Å²) in [6.45, 7) is 1.74. The normalized spacial score (nSPS) is 10.3. The maximum Gasteiger partial charge on any atom is 0.335 e. The van der Waals surface area contributed by atoms with Crippen LogP contribution in [0.1, 0.15) is 16.1 Å². The molecule has 0 fully saturated rings. The first-order valence-electron chi connectivity index (χ1n) is 5.40. The number of hydrogen-bond donors (Lipinski definition) is 2. The molecular weight excluding hydrogens is 332 g/mol. The van der Waals surface area contributed by atoms with E-state index in [1.54, 1.807) is 25.1 Å². The summed E-state index contributed by atoms with van der Waals surface area (Å²) in [5, 5.41) is 12.7. The van der Waals surface area contributed by atoms with E-state index in [-0.39, 0.29) is 5.56 Å². The summed E-state index contributed by atoms with van der Waals surface area (Å²) >= 11 is 9.24. The van der Waals surface area contributed by atoms with Gasteiger partial charge in [-0.2, -0.15) is 0 Å². The lowest BCUT2D eigenvalue weighted by Gasteiger charge is -2.09. The van der Waals surface area contributed by atoms with Crippen molar-refractivity contribution in [2.75, 3.05) is 5.32 Å². The Bertz CT molecular complexity index is 647. The van der Waals surface area contributed by atoms with Crippen LogP contribution >= 0.6 is 27.5 Å². The van der Waals surface area contributed by atoms with E-state index >= 15 is 0 Å². The van der Waals surface area contributed by atoms with Crippen molar-refractivity contribution in [1.29, 1.82) is 0 Å². The maximum atomic E-state index is 11.0. The van der Waals surface area contributed by atoms with Crippen molar-refractivity contribution in [2.45, 2.75) is 6.92 Å². The van der Waals surface area contributed by atoms with Gasteiger partial charge in [0.1, 0.15) is 5.82 Å². The number of rotatable bonds is 3. The SMILES string of the molecule is Cc1cc(C(=O)O)cc(Nc2ccc(Cl)cc2Br)n1. The molecule has 0 saturated heterocycles. The van der Waals surface area contributed by atoms with Crippen LogP contribution in [0.3, 0.4) is 0 Å². The van der Waals surface area contributed by atoms with E-state index in [4.69, 9.17) is 16.7 Å². The number of aromatic carboxylic acids is 1. The van der Waals surface area contributed by atoms with Crippen molar-refractivity contribution in [2.24, 2.45) is 0 Å². The number of aromatic nitrogens is 1. The Hall–Kier alpha value is -1.59. The molecule has 6 heteroatoms. The number of nitrogens with one attached hydrogen (secondary N) is 1. The number of hydrogen-bond acceptors (Lipinski definition) is 3. The van der Waals surface area contributed by atoms with Gasteiger partial charge in [0.05, 0.1) is 11.3 Å². The van der Waals surface area contributed by atoms with Crippen LogP contribution < -0.4 is 5.32 Å². The quantitative estimate of drug-likeness (QED) is 0.876. The van der Waals surface area contributed by atoms with Crippen LogP contribution in [-0.2, 0) is 0 Å². The summed E-state index contributed by atoms with van der Waals surface area (Å²) in [6.07, 6.45) is 0. The topological polar surface area (TPSA) is 62.2 Å². The molecule has 1 aromatic heterocycles. The fourth-order valence-electron chi connectivity index (χ4n) is 1.58. The second-order valence-electron chi connectivity index (χ2n) is 3.94. The van der Waals surface area contributed by atoms with Crippen molar-refractivity contribution in [3.63, 3.8) is 0 Å². The molecule has 0 atom stereocenters. The molecule has 2 rings (SSSR count). The lowest BCUT2D eigenvalue weighted by atomic mass is 10.2. The van der Waals surface area contributed by atoms with Gasteiger partial charge in [-0.25, -0.2) is 9.78 Å². The summed E-state index contributed by atoms with van der Waals surface area (Å²) < 4.78 is 0.778. The zero-order valence-electron chi connectivity index (χ0n) is 9.95. The molecule has 1 heterocycles. The van der Waals surface area contributed by atoms with Crippen LogP contribution in [0.15, 0.2) is 34.8 Å². The predicted octanol–water partition coefficient (Wildman–Crippen LogP) is 4.25. The number of carboxylic acids is 1. The minimum Gasteiger partial charge on any atom is -0.478 e. The Morgan fingerprint density at radius 1 is 1.37 bits per heavy atom. The summed E-state index contributed by atoms with van der Waals surface area (Å²) in [5.74, 6) is -0.510. The zero-order chi connectivity index (χ0) is 14.0. The molecule has 0 bridgehead atoms. The molecule has 0 saturated carbocycles. The molecule has 2 aromatic rings. The predicted molar refractivity (Wildman–Crippen MR) is 78.4 cm³/mol. The number of aryl methyl sites for hydroxylation is 1. The van der Waals surface area contributed by atoms with Gasteiger partial charge in [0.2, 0.25) is 0 Å². The lowest BCUT2D eigenvalue weighted by molar-refractivity contribution is 0.0696. The van der Waals surface area contributed by atoms with Crippen LogP contribution in [-0.4, -0.2) is 16.1 Å². The van der Waals surface area contributed by atoms with Crippen molar-refractivity contribution in [1.82, 2.24) is 4.98 Å². The second-order valence-corrected chi connectivity index (χ2v) is 5.23. The summed E-state index contributed by atoms with van der Waals surface area (Å²) in [6, 6.07) is 8.28. The van der Waals surface area contributed by atoms with E-state index in [1.807, 2.05) is 0 Å². The van der Waals surface area contributed by atoms with E-state index in [0.29, 0.717) is 16.5 Å². The number of halogens is 2. The van der Waals surface area contributed by atoms with Crippen LogP contribution in [0.2, 0.25) is 5.02 Å². The van der Waals surface area contributed by atoms with Crippen LogP contribution in [0.25, 0.3) is 0 Å². The molecule has 0 spiro atoms. The Morgan fingerprint density at radius 3 is 2.74 bits per heavy atom. The molecule has 1 aromatic carbocycles. The van der Waals surface area contributed by atoms with Gasteiger partial charge in [0, 0.05) is 15.2 Å². The highest BCUT2D eigenvalue weighted by Gasteiger charge is 2.08. The molecule has 98 valence electrons. The molecule has 0 amide bonds. The Kier molecular flexibility index (Phi) is 4.07. The smallest absolute Gasteiger partial charge is 0.335 e. The third kappa shape index (κ3) is 3.45.